The molecule has 0 aliphatic carbocycles. The van der Waals surface area contributed by atoms with Gasteiger partial charge >= 0.3 is 0 Å². The first-order chi connectivity index (χ1) is 7.40. The molecule has 0 aromatic rings. The number of piperidine rings is 1. The molecule has 4 nitrogen and oxygen atoms in total. The third-order valence-corrected chi connectivity index (χ3v) is 3.54. The highest BCUT2D eigenvalue weighted by Gasteiger charge is 2.35. The lowest BCUT2D eigenvalue weighted by molar-refractivity contribution is -0.132. The Labute approximate surface area is 97.8 Å². The van der Waals surface area contributed by atoms with Crippen molar-refractivity contribution in [3.05, 3.63) is 0 Å². The zero-order chi connectivity index (χ0) is 12.2. The van der Waals surface area contributed by atoms with E-state index in [0.717, 1.165) is 25.9 Å². The molecule has 16 heavy (non-hydrogen) atoms. The Balaban J connectivity index is 2.45. The van der Waals surface area contributed by atoms with Crippen molar-refractivity contribution in [2.75, 3.05) is 19.6 Å². The first kappa shape index (κ1) is 13.5. The van der Waals surface area contributed by atoms with Gasteiger partial charge in [0.2, 0.25) is 5.91 Å². The van der Waals surface area contributed by atoms with Gasteiger partial charge in [0.15, 0.2) is 0 Å². The maximum atomic E-state index is 12.0. The molecule has 1 aliphatic rings. The van der Waals surface area contributed by atoms with Crippen LogP contribution >= 0.6 is 0 Å². The van der Waals surface area contributed by atoms with Crippen LogP contribution in [0.1, 0.15) is 40.0 Å². The molecule has 94 valence electrons. The number of rotatable bonds is 4. The van der Waals surface area contributed by atoms with Gasteiger partial charge in [0, 0.05) is 13.1 Å². The van der Waals surface area contributed by atoms with E-state index < -0.39 is 5.60 Å². The SMILES string of the molecule is CCC(C)(O)CNC(=O)C1(C)CCCNC1. The molecule has 1 fully saturated rings. The van der Waals surface area contributed by atoms with E-state index >= 15 is 0 Å². The molecule has 1 amide bonds. The van der Waals surface area contributed by atoms with E-state index in [0.29, 0.717) is 13.0 Å². The molecule has 0 spiro atoms. The maximum Gasteiger partial charge on any atom is 0.227 e. The van der Waals surface area contributed by atoms with Crippen molar-refractivity contribution in [1.29, 1.82) is 0 Å². The molecule has 4 heteroatoms. The second kappa shape index (κ2) is 5.15. The molecule has 1 aliphatic heterocycles. The number of carbonyl (C=O) groups is 1. The van der Waals surface area contributed by atoms with Crippen molar-refractivity contribution in [2.24, 2.45) is 5.41 Å². The van der Waals surface area contributed by atoms with Gasteiger partial charge in [-0.05, 0) is 39.7 Å². The van der Waals surface area contributed by atoms with Gasteiger partial charge < -0.3 is 15.7 Å². The molecule has 0 radical (unpaired) electrons. The van der Waals surface area contributed by atoms with Crippen LogP contribution in [0.5, 0.6) is 0 Å². The molecule has 2 atom stereocenters. The average molecular weight is 228 g/mol. The quantitative estimate of drug-likeness (QED) is 0.662. The Morgan fingerprint density at radius 2 is 2.31 bits per heavy atom. The maximum absolute atomic E-state index is 12.0. The van der Waals surface area contributed by atoms with Crippen molar-refractivity contribution in [1.82, 2.24) is 10.6 Å². The summed E-state index contributed by atoms with van der Waals surface area (Å²) in [6.45, 7) is 7.69. The Morgan fingerprint density at radius 1 is 1.62 bits per heavy atom. The van der Waals surface area contributed by atoms with Crippen LogP contribution in [-0.4, -0.2) is 36.2 Å². The zero-order valence-electron chi connectivity index (χ0n) is 10.6. The first-order valence-corrected chi connectivity index (χ1v) is 6.11. The van der Waals surface area contributed by atoms with Crippen molar-refractivity contribution in [3.8, 4) is 0 Å². The third kappa shape index (κ3) is 3.46. The van der Waals surface area contributed by atoms with Crippen LogP contribution in [-0.2, 0) is 4.79 Å². The van der Waals surface area contributed by atoms with Crippen molar-refractivity contribution in [3.63, 3.8) is 0 Å². The molecule has 0 aromatic heterocycles. The van der Waals surface area contributed by atoms with Crippen LogP contribution in [0.25, 0.3) is 0 Å². The Hall–Kier alpha value is -0.610. The van der Waals surface area contributed by atoms with E-state index in [2.05, 4.69) is 10.6 Å². The summed E-state index contributed by atoms with van der Waals surface area (Å²) >= 11 is 0. The summed E-state index contributed by atoms with van der Waals surface area (Å²) in [4.78, 5) is 12.0. The van der Waals surface area contributed by atoms with E-state index in [1.54, 1.807) is 6.92 Å². The van der Waals surface area contributed by atoms with E-state index in [1.807, 2.05) is 13.8 Å². The summed E-state index contributed by atoms with van der Waals surface area (Å²) in [5.41, 5.74) is -1.11. The minimum absolute atomic E-state index is 0.0495. The summed E-state index contributed by atoms with van der Waals surface area (Å²) in [5, 5.41) is 15.9. The average Bonchev–Trinajstić information content (AvgIpc) is 2.27. The molecule has 0 saturated carbocycles. The molecule has 1 rings (SSSR count). The summed E-state index contributed by atoms with van der Waals surface area (Å²) in [6.07, 6.45) is 2.59. The van der Waals surface area contributed by atoms with E-state index in [-0.39, 0.29) is 11.3 Å². The predicted molar refractivity (Wildman–Crippen MR) is 64.1 cm³/mol. The predicted octanol–water partition coefficient (Wildman–Crippen LogP) is 0.653. The minimum atomic E-state index is -0.798. The lowest BCUT2D eigenvalue weighted by Crippen LogP contribution is -2.51. The second-order valence-electron chi connectivity index (χ2n) is 5.37. The number of nitrogens with one attached hydrogen (secondary N) is 2. The van der Waals surface area contributed by atoms with Gasteiger partial charge in [-0.3, -0.25) is 4.79 Å². The summed E-state index contributed by atoms with van der Waals surface area (Å²) in [5.74, 6) is 0.0495. The fraction of sp³-hybridized carbons (Fsp3) is 0.917. The second-order valence-corrected chi connectivity index (χ2v) is 5.37. The highest BCUT2D eigenvalue weighted by molar-refractivity contribution is 5.82. The van der Waals surface area contributed by atoms with Gasteiger partial charge in [-0.1, -0.05) is 6.92 Å². The van der Waals surface area contributed by atoms with Crippen molar-refractivity contribution >= 4 is 5.91 Å². The van der Waals surface area contributed by atoms with Crippen LogP contribution < -0.4 is 10.6 Å². The highest BCUT2D eigenvalue weighted by Crippen LogP contribution is 2.25. The van der Waals surface area contributed by atoms with E-state index in [1.165, 1.54) is 0 Å². The highest BCUT2D eigenvalue weighted by atomic mass is 16.3. The largest absolute Gasteiger partial charge is 0.388 e. The van der Waals surface area contributed by atoms with Crippen molar-refractivity contribution < 1.29 is 9.90 Å². The normalized spacial score (nSPS) is 29.5. The van der Waals surface area contributed by atoms with Gasteiger partial charge in [-0.2, -0.15) is 0 Å². The Kier molecular flexibility index (Phi) is 4.33. The van der Waals surface area contributed by atoms with Gasteiger partial charge in [-0.15, -0.1) is 0 Å². The topological polar surface area (TPSA) is 61.4 Å². The van der Waals surface area contributed by atoms with Gasteiger partial charge in [0.25, 0.3) is 0 Å². The number of carbonyl (C=O) groups excluding carboxylic acids is 1. The number of amides is 1. The van der Waals surface area contributed by atoms with Crippen LogP contribution in [0.15, 0.2) is 0 Å². The van der Waals surface area contributed by atoms with Crippen molar-refractivity contribution in [2.45, 2.75) is 45.6 Å². The molecular formula is C12H24N2O2. The van der Waals surface area contributed by atoms with E-state index in [9.17, 15) is 9.90 Å². The lowest BCUT2D eigenvalue weighted by Gasteiger charge is -2.33. The van der Waals surface area contributed by atoms with Crippen LogP contribution in [0.2, 0.25) is 0 Å². The van der Waals surface area contributed by atoms with Crippen LogP contribution in [0.3, 0.4) is 0 Å². The van der Waals surface area contributed by atoms with Gasteiger partial charge in [-0.25, -0.2) is 0 Å². The Bertz CT molecular complexity index is 245. The molecule has 1 saturated heterocycles. The monoisotopic (exact) mass is 228 g/mol. The lowest BCUT2D eigenvalue weighted by atomic mass is 9.82. The fourth-order valence-corrected chi connectivity index (χ4v) is 1.86. The molecule has 0 aromatic carbocycles. The molecule has 3 N–H and O–H groups in total. The van der Waals surface area contributed by atoms with Gasteiger partial charge in [0.1, 0.15) is 0 Å². The van der Waals surface area contributed by atoms with Crippen LogP contribution in [0.4, 0.5) is 0 Å². The van der Waals surface area contributed by atoms with E-state index in [4.69, 9.17) is 0 Å². The fourth-order valence-electron chi connectivity index (χ4n) is 1.86. The number of hydrogen-bond donors (Lipinski definition) is 3. The molecular weight excluding hydrogens is 204 g/mol. The molecule has 0 bridgehead atoms. The third-order valence-electron chi connectivity index (χ3n) is 3.54. The minimum Gasteiger partial charge on any atom is -0.388 e. The number of aliphatic hydroxyl groups is 1. The molecule has 2 unspecified atom stereocenters. The first-order valence-electron chi connectivity index (χ1n) is 6.11. The van der Waals surface area contributed by atoms with Crippen LogP contribution in [0, 0.1) is 5.41 Å². The summed E-state index contributed by atoms with van der Waals surface area (Å²) < 4.78 is 0. The zero-order valence-corrected chi connectivity index (χ0v) is 10.6. The Morgan fingerprint density at radius 3 is 2.81 bits per heavy atom. The molecule has 1 heterocycles. The summed E-state index contributed by atoms with van der Waals surface area (Å²) in [6, 6.07) is 0. The van der Waals surface area contributed by atoms with Gasteiger partial charge in [0.05, 0.1) is 11.0 Å². The smallest absolute Gasteiger partial charge is 0.227 e. The standard InChI is InChI=1S/C12H24N2O2/c1-4-12(3,16)9-14-10(15)11(2)6-5-7-13-8-11/h13,16H,4-9H2,1-3H3,(H,14,15). The summed E-state index contributed by atoms with van der Waals surface area (Å²) in [7, 11) is 0. The number of hydrogen-bond acceptors (Lipinski definition) is 3.